The maximum atomic E-state index is 10.9. The zero-order valence-corrected chi connectivity index (χ0v) is 10.5. The summed E-state index contributed by atoms with van der Waals surface area (Å²) in [5.74, 6) is 5.96. The summed E-state index contributed by atoms with van der Waals surface area (Å²) in [4.78, 5) is 0. The highest BCUT2D eigenvalue weighted by Crippen LogP contribution is 2.37. The predicted octanol–water partition coefficient (Wildman–Crippen LogP) is 3.40. The van der Waals surface area contributed by atoms with Gasteiger partial charge >= 0.3 is 0 Å². The van der Waals surface area contributed by atoms with Gasteiger partial charge in [0.1, 0.15) is 0 Å². The van der Waals surface area contributed by atoms with E-state index in [0.717, 1.165) is 37.7 Å². The molecule has 1 atom stereocenters. The molecular formula is C16H20O. The lowest BCUT2D eigenvalue weighted by atomic mass is 9.84. The number of hydrogen-bond donors (Lipinski definition) is 1. The molecule has 1 aliphatic rings. The van der Waals surface area contributed by atoms with Crippen LogP contribution in [-0.2, 0) is 12.0 Å². The zero-order valence-electron chi connectivity index (χ0n) is 10.5. The van der Waals surface area contributed by atoms with Crippen molar-refractivity contribution < 1.29 is 5.11 Å². The third-order valence-corrected chi connectivity index (χ3v) is 3.65. The van der Waals surface area contributed by atoms with Gasteiger partial charge in [-0.05, 0) is 50.2 Å². The number of hydrogen-bond acceptors (Lipinski definition) is 1. The number of fused-ring (bicyclic) bond motifs is 1. The molecule has 90 valence electrons. The van der Waals surface area contributed by atoms with Crippen molar-refractivity contribution in [3.63, 3.8) is 0 Å². The Morgan fingerprint density at radius 2 is 2.12 bits per heavy atom. The first kappa shape index (κ1) is 12.2. The molecule has 0 heterocycles. The Bertz CT molecular complexity index is 438. The van der Waals surface area contributed by atoms with Gasteiger partial charge in [-0.1, -0.05) is 24.3 Å². The van der Waals surface area contributed by atoms with Crippen LogP contribution in [0.5, 0.6) is 0 Å². The molecule has 0 bridgehead atoms. The Hall–Kier alpha value is -1.26. The quantitative estimate of drug-likeness (QED) is 0.607. The highest BCUT2D eigenvalue weighted by molar-refractivity contribution is 5.33. The van der Waals surface area contributed by atoms with Crippen molar-refractivity contribution in [2.75, 3.05) is 0 Å². The van der Waals surface area contributed by atoms with E-state index in [1.54, 1.807) is 0 Å². The van der Waals surface area contributed by atoms with Gasteiger partial charge in [-0.3, -0.25) is 0 Å². The molecule has 0 saturated heterocycles. The molecule has 0 radical (unpaired) electrons. The van der Waals surface area contributed by atoms with Crippen LogP contribution in [0.4, 0.5) is 0 Å². The van der Waals surface area contributed by atoms with Gasteiger partial charge in [-0.2, -0.15) is 0 Å². The van der Waals surface area contributed by atoms with Crippen molar-refractivity contribution in [3.8, 4) is 11.8 Å². The molecule has 1 aromatic carbocycles. The first-order valence-electron chi connectivity index (χ1n) is 6.47. The van der Waals surface area contributed by atoms with Gasteiger partial charge in [0.25, 0.3) is 0 Å². The maximum Gasteiger partial charge on any atom is 0.0908 e. The average molecular weight is 228 g/mol. The van der Waals surface area contributed by atoms with Crippen molar-refractivity contribution in [2.24, 2.45) is 0 Å². The topological polar surface area (TPSA) is 20.2 Å². The van der Waals surface area contributed by atoms with Gasteiger partial charge in [0.15, 0.2) is 0 Å². The van der Waals surface area contributed by atoms with Crippen molar-refractivity contribution in [2.45, 2.75) is 51.0 Å². The molecular weight excluding hydrogens is 208 g/mol. The van der Waals surface area contributed by atoms with Crippen molar-refractivity contribution in [1.29, 1.82) is 0 Å². The Labute approximate surface area is 104 Å². The summed E-state index contributed by atoms with van der Waals surface area (Å²) < 4.78 is 0. The van der Waals surface area contributed by atoms with Gasteiger partial charge in [0, 0.05) is 6.42 Å². The third kappa shape index (κ3) is 2.70. The number of rotatable bonds is 2. The van der Waals surface area contributed by atoms with Gasteiger partial charge in [-0.15, -0.1) is 11.8 Å². The highest BCUT2D eigenvalue weighted by atomic mass is 16.3. The van der Waals surface area contributed by atoms with E-state index in [9.17, 15) is 5.11 Å². The first-order valence-corrected chi connectivity index (χ1v) is 6.47. The van der Waals surface area contributed by atoms with Crippen LogP contribution in [0.2, 0.25) is 0 Å². The third-order valence-electron chi connectivity index (χ3n) is 3.65. The van der Waals surface area contributed by atoms with Crippen molar-refractivity contribution >= 4 is 0 Å². The second kappa shape index (κ2) is 5.38. The molecule has 1 unspecified atom stereocenters. The molecule has 0 aromatic heterocycles. The van der Waals surface area contributed by atoms with Crippen LogP contribution in [0.15, 0.2) is 24.3 Å². The predicted molar refractivity (Wildman–Crippen MR) is 70.6 cm³/mol. The van der Waals surface area contributed by atoms with Crippen molar-refractivity contribution in [3.05, 3.63) is 35.4 Å². The van der Waals surface area contributed by atoms with Gasteiger partial charge in [-0.25, -0.2) is 0 Å². The SMILES string of the molecule is CC#CCCC1(O)CCCCc2ccccc21. The summed E-state index contributed by atoms with van der Waals surface area (Å²) in [6.45, 7) is 1.85. The highest BCUT2D eigenvalue weighted by Gasteiger charge is 2.31. The summed E-state index contributed by atoms with van der Waals surface area (Å²) in [6, 6.07) is 8.33. The lowest BCUT2D eigenvalue weighted by Crippen LogP contribution is -2.25. The van der Waals surface area contributed by atoms with Gasteiger partial charge in [0.2, 0.25) is 0 Å². The maximum absolute atomic E-state index is 10.9. The lowest BCUT2D eigenvalue weighted by Gasteiger charge is -2.28. The van der Waals surface area contributed by atoms with E-state index in [2.05, 4.69) is 30.0 Å². The zero-order chi connectivity index (χ0) is 12.1. The van der Waals surface area contributed by atoms with E-state index in [1.165, 1.54) is 12.0 Å². The monoisotopic (exact) mass is 228 g/mol. The lowest BCUT2D eigenvalue weighted by molar-refractivity contribution is 0.0195. The van der Waals surface area contributed by atoms with Gasteiger partial charge < -0.3 is 5.11 Å². The smallest absolute Gasteiger partial charge is 0.0908 e. The fraction of sp³-hybridized carbons (Fsp3) is 0.500. The van der Waals surface area contributed by atoms with Crippen LogP contribution in [-0.4, -0.2) is 5.11 Å². The summed E-state index contributed by atoms with van der Waals surface area (Å²) in [6.07, 6.45) is 5.78. The summed E-state index contributed by atoms with van der Waals surface area (Å²) in [7, 11) is 0. The van der Waals surface area contributed by atoms with Crippen LogP contribution < -0.4 is 0 Å². The number of benzene rings is 1. The molecule has 1 nitrogen and oxygen atoms in total. The number of aliphatic hydroxyl groups is 1. The van der Waals surface area contributed by atoms with Crippen LogP contribution in [0, 0.1) is 11.8 Å². The van der Waals surface area contributed by atoms with E-state index in [4.69, 9.17) is 0 Å². The van der Waals surface area contributed by atoms with Crippen LogP contribution in [0.3, 0.4) is 0 Å². The minimum atomic E-state index is -0.656. The standard InChI is InChI=1S/C16H20O/c1-2-3-7-12-16(17)13-8-6-10-14-9-4-5-11-15(14)16/h4-5,9,11,17H,6-8,10,12-13H2,1H3. The molecule has 17 heavy (non-hydrogen) atoms. The molecule has 0 fully saturated rings. The van der Waals surface area contributed by atoms with E-state index >= 15 is 0 Å². The summed E-state index contributed by atoms with van der Waals surface area (Å²) in [5, 5.41) is 10.9. The average Bonchev–Trinajstić information content (AvgIpc) is 2.51. The Kier molecular flexibility index (Phi) is 3.86. The Morgan fingerprint density at radius 1 is 1.29 bits per heavy atom. The van der Waals surface area contributed by atoms with Gasteiger partial charge in [0.05, 0.1) is 5.60 Å². The van der Waals surface area contributed by atoms with E-state index in [0.29, 0.717) is 0 Å². The Morgan fingerprint density at radius 3 is 2.94 bits per heavy atom. The summed E-state index contributed by atoms with van der Waals surface area (Å²) in [5.41, 5.74) is 1.80. The van der Waals surface area contributed by atoms with E-state index < -0.39 is 5.60 Å². The number of aryl methyl sites for hydroxylation is 1. The largest absolute Gasteiger partial charge is 0.385 e. The fourth-order valence-corrected chi connectivity index (χ4v) is 2.71. The van der Waals surface area contributed by atoms with E-state index in [1.807, 2.05) is 13.0 Å². The normalized spacial score (nSPS) is 23.2. The van der Waals surface area contributed by atoms with E-state index in [-0.39, 0.29) is 0 Å². The Balaban J connectivity index is 2.28. The second-order valence-electron chi connectivity index (χ2n) is 4.82. The molecule has 1 aromatic rings. The first-order chi connectivity index (χ1) is 8.26. The molecule has 2 rings (SSSR count). The molecule has 0 spiro atoms. The summed E-state index contributed by atoms with van der Waals surface area (Å²) >= 11 is 0. The fourth-order valence-electron chi connectivity index (χ4n) is 2.71. The minimum absolute atomic E-state index is 0.656. The molecule has 1 N–H and O–H groups in total. The molecule has 0 amide bonds. The van der Waals surface area contributed by atoms with Crippen LogP contribution in [0.1, 0.15) is 50.2 Å². The molecule has 0 saturated carbocycles. The minimum Gasteiger partial charge on any atom is -0.385 e. The molecule has 1 aliphatic carbocycles. The molecule has 0 aliphatic heterocycles. The van der Waals surface area contributed by atoms with Crippen LogP contribution in [0.25, 0.3) is 0 Å². The molecule has 1 heteroatoms. The second-order valence-corrected chi connectivity index (χ2v) is 4.82. The van der Waals surface area contributed by atoms with Crippen molar-refractivity contribution in [1.82, 2.24) is 0 Å². The van der Waals surface area contributed by atoms with Crippen LogP contribution >= 0.6 is 0 Å².